The molecule has 30 heavy (non-hydrogen) atoms. The molecule has 0 N–H and O–H groups in total. The first-order valence-electron chi connectivity index (χ1n) is 9.87. The maximum atomic E-state index is 5.07. The summed E-state index contributed by atoms with van der Waals surface area (Å²) < 4.78 is 2.18. The van der Waals surface area contributed by atoms with Crippen molar-refractivity contribution in [3.8, 4) is 27.6 Å². The Morgan fingerprint density at radius 3 is 2.17 bits per heavy atom. The van der Waals surface area contributed by atoms with Gasteiger partial charge in [-0.25, -0.2) is 9.97 Å². The Hall–Kier alpha value is -3.76. The number of hydrogen-bond donors (Lipinski definition) is 0. The summed E-state index contributed by atoms with van der Waals surface area (Å²) in [4.78, 5) is 11.0. The summed E-state index contributed by atoms with van der Waals surface area (Å²) in [6.07, 6.45) is 0. The molecule has 6 rings (SSSR count). The van der Waals surface area contributed by atoms with Crippen LogP contribution in [0.5, 0.6) is 0 Å². The van der Waals surface area contributed by atoms with Crippen LogP contribution < -0.4 is 0 Å². The zero-order valence-corrected chi connectivity index (χ0v) is 16.9. The van der Waals surface area contributed by atoms with Gasteiger partial charge in [0, 0.05) is 16.8 Å². The molecule has 0 spiro atoms. The van der Waals surface area contributed by atoms with E-state index in [1.165, 1.54) is 10.8 Å². The standard InChI is InChI=1S/C26H17N3S/c1-3-11-19(12-4-1)25-28-24-26(30-25)27-23(29(24)20-14-5-2-6-15-20)22-17-9-13-18-10-7-8-16-21(18)22/h1-17H. The van der Waals surface area contributed by atoms with Crippen LogP contribution in [0.25, 0.3) is 48.9 Å². The molecule has 0 radical (unpaired) electrons. The van der Waals surface area contributed by atoms with E-state index in [4.69, 9.17) is 9.97 Å². The molecule has 0 fully saturated rings. The highest BCUT2D eigenvalue weighted by Crippen LogP contribution is 2.37. The number of imidazole rings is 1. The highest BCUT2D eigenvalue weighted by Gasteiger charge is 2.20. The van der Waals surface area contributed by atoms with E-state index in [0.29, 0.717) is 0 Å². The first-order chi connectivity index (χ1) is 14.9. The Bertz CT molecular complexity index is 1480. The van der Waals surface area contributed by atoms with Gasteiger partial charge in [-0.15, -0.1) is 0 Å². The lowest BCUT2D eigenvalue weighted by atomic mass is 10.0. The van der Waals surface area contributed by atoms with Crippen LogP contribution in [0.15, 0.2) is 103 Å². The van der Waals surface area contributed by atoms with Crippen LogP contribution in [0.1, 0.15) is 0 Å². The molecule has 0 unspecified atom stereocenters. The van der Waals surface area contributed by atoms with Gasteiger partial charge in [0.1, 0.15) is 10.8 Å². The lowest BCUT2D eigenvalue weighted by Crippen LogP contribution is -1.98. The lowest BCUT2D eigenvalue weighted by molar-refractivity contribution is 1.08. The molecule has 0 atom stereocenters. The Kier molecular flexibility index (Phi) is 3.96. The van der Waals surface area contributed by atoms with Crippen LogP contribution in [0, 0.1) is 0 Å². The Balaban J connectivity index is 1.65. The molecule has 0 aliphatic heterocycles. The van der Waals surface area contributed by atoms with Gasteiger partial charge in [0.15, 0.2) is 10.5 Å². The van der Waals surface area contributed by atoms with E-state index in [9.17, 15) is 0 Å². The van der Waals surface area contributed by atoms with Crippen molar-refractivity contribution in [3.05, 3.63) is 103 Å². The van der Waals surface area contributed by atoms with Crippen molar-refractivity contribution in [2.45, 2.75) is 0 Å². The number of nitrogens with zero attached hydrogens (tertiary/aromatic N) is 3. The maximum absolute atomic E-state index is 5.07. The third kappa shape index (κ3) is 2.73. The van der Waals surface area contributed by atoms with Crippen LogP contribution in [0.4, 0.5) is 0 Å². The summed E-state index contributed by atoms with van der Waals surface area (Å²) in [6, 6.07) is 35.5. The van der Waals surface area contributed by atoms with Gasteiger partial charge in [-0.05, 0) is 22.9 Å². The van der Waals surface area contributed by atoms with E-state index in [2.05, 4.69) is 83.4 Å². The Morgan fingerprint density at radius 1 is 0.633 bits per heavy atom. The highest BCUT2D eigenvalue weighted by molar-refractivity contribution is 7.21. The molecular formula is C26H17N3S. The van der Waals surface area contributed by atoms with Crippen molar-refractivity contribution in [1.29, 1.82) is 0 Å². The molecular weight excluding hydrogens is 386 g/mol. The minimum absolute atomic E-state index is 0.896. The van der Waals surface area contributed by atoms with Gasteiger partial charge in [0.25, 0.3) is 0 Å². The van der Waals surface area contributed by atoms with Crippen molar-refractivity contribution in [1.82, 2.24) is 14.5 Å². The van der Waals surface area contributed by atoms with Gasteiger partial charge in [-0.3, -0.25) is 4.57 Å². The van der Waals surface area contributed by atoms with Gasteiger partial charge in [0.05, 0.1) is 0 Å². The molecule has 0 bridgehead atoms. The van der Waals surface area contributed by atoms with Crippen molar-refractivity contribution in [2.75, 3.05) is 0 Å². The molecule has 142 valence electrons. The SMILES string of the molecule is c1ccc(-c2nc3c(nc(-c4cccc5ccccc45)n3-c3ccccc3)s2)cc1. The number of aromatic nitrogens is 3. The average Bonchev–Trinajstić information content (AvgIpc) is 3.38. The minimum Gasteiger partial charge on any atom is -0.276 e. The van der Waals surface area contributed by atoms with E-state index < -0.39 is 0 Å². The topological polar surface area (TPSA) is 30.7 Å². The zero-order valence-electron chi connectivity index (χ0n) is 16.1. The number of benzene rings is 4. The van der Waals surface area contributed by atoms with Crippen LogP contribution in [-0.2, 0) is 0 Å². The number of thiazole rings is 1. The third-order valence-electron chi connectivity index (χ3n) is 5.29. The quantitative estimate of drug-likeness (QED) is 0.319. The van der Waals surface area contributed by atoms with Gasteiger partial charge in [-0.1, -0.05) is 102 Å². The monoisotopic (exact) mass is 403 g/mol. The molecule has 2 heterocycles. The number of rotatable bonds is 3. The van der Waals surface area contributed by atoms with Crippen LogP contribution in [-0.4, -0.2) is 14.5 Å². The Labute approximate surface area is 177 Å². The number of fused-ring (bicyclic) bond motifs is 2. The predicted octanol–water partition coefficient (Wildman–Crippen LogP) is 6.97. The Morgan fingerprint density at radius 2 is 1.33 bits per heavy atom. The third-order valence-corrected chi connectivity index (χ3v) is 6.28. The summed E-state index contributed by atoms with van der Waals surface area (Å²) in [5.41, 5.74) is 4.19. The van der Waals surface area contributed by atoms with Gasteiger partial charge < -0.3 is 0 Å². The summed E-state index contributed by atoms with van der Waals surface area (Å²) in [5.74, 6) is 0.923. The molecule has 0 saturated heterocycles. The van der Waals surface area contributed by atoms with Gasteiger partial charge in [-0.2, -0.15) is 0 Å². The van der Waals surface area contributed by atoms with Crippen molar-refractivity contribution < 1.29 is 0 Å². The summed E-state index contributed by atoms with van der Waals surface area (Å²) in [5, 5.41) is 3.39. The van der Waals surface area contributed by atoms with Gasteiger partial charge >= 0.3 is 0 Å². The zero-order chi connectivity index (χ0) is 19.9. The fourth-order valence-electron chi connectivity index (χ4n) is 3.90. The molecule has 3 nitrogen and oxygen atoms in total. The molecule has 0 amide bonds. The molecule has 2 aromatic heterocycles. The second kappa shape index (κ2) is 6.94. The number of para-hydroxylation sites is 1. The largest absolute Gasteiger partial charge is 0.276 e. The van der Waals surface area contributed by atoms with E-state index in [1.54, 1.807) is 11.3 Å². The summed E-state index contributed by atoms with van der Waals surface area (Å²) in [7, 11) is 0. The van der Waals surface area contributed by atoms with E-state index in [-0.39, 0.29) is 0 Å². The smallest absolute Gasteiger partial charge is 0.177 e. The second-order valence-electron chi connectivity index (χ2n) is 7.15. The fourth-order valence-corrected chi connectivity index (χ4v) is 4.83. The molecule has 0 aliphatic rings. The fraction of sp³-hybridized carbons (Fsp3) is 0. The highest BCUT2D eigenvalue weighted by atomic mass is 32.1. The van der Waals surface area contributed by atoms with Crippen LogP contribution in [0.3, 0.4) is 0 Å². The van der Waals surface area contributed by atoms with Crippen LogP contribution >= 0.6 is 11.3 Å². The molecule has 0 saturated carbocycles. The molecule has 6 aromatic rings. The first kappa shape index (κ1) is 17.1. The summed E-state index contributed by atoms with van der Waals surface area (Å²) >= 11 is 1.64. The first-order valence-corrected chi connectivity index (χ1v) is 10.7. The lowest BCUT2D eigenvalue weighted by Gasteiger charge is -2.11. The second-order valence-corrected chi connectivity index (χ2v) is 8.12. The minimum atomic E-state index is 0.896. The molecule has 4 heteroatoms. The van der Waals surface area contributed by atoms with Crippen molar-refractivity contribution in [2.24, 2.45) is 0 Å². The maximum Gasteiger partial charge on any atom is 0.177 e. The average molecular weight is 404 g/mol. The predicted molar refractivity (Wildman–Crippen MR) is 125 cm³/mol. The number of hydrogen-bond acceptors (Lipinski definition) is 3. The van der Waals surface area contributed by atoms with E-state index in [1.807, 2.05) is 24.3 Å². The van der Waals surface area contributed by atoms with Crippen molar-refractivity contribution >= 4 is 32.6 Å². The van der Waals surface area contributed by atoms with Crippen molar-refractivity contribution in [3.63, 3.8) is 0 Å². The molecule has 4 aromatic carbocycles. The van der Waals surface area contributed by atoms with Crippen LogP contribution in [0.2, 0.25) is 0 Å². The van der Waals surface area contributed by atoms with E-state index in [0.717, 1.165) is 38.1 Å². The van der Waals surface area contributed by atoms with Gasteiger partial charge in [0.2, 0.25) is 0 Å². The molecule has 0 aliphatic carbocycles. The summed E-state index contributed by atoms with van der Waals surface area (Å²) in [6.45, 7) is 0. The van der Waals surface area contributed by atoms with E-state index >= 15 is 0 Å². The normalized spacial score (nSPS) is 11.3.